The fourth-order valence-corrected chi connectivity index (χ4v) is 4.05. The standard InChI is InChI=1S/C20H25N5O2S/c1-11(2)25-19-17(10-23-25)16(20(27)22-7-6-21-14(5)26)9-18(24-19)15-8-12(3)28-13(15)4/h8-11H,6-7H2,1-5H3,(H,21,26)(H,22,27). The Hall–Kier alpha value is -2.74. The van der Waals surface area contributed by atoms with E-state index in [4.69, 9.17) is 4.98 Å². The minimum atomic E-state index is -0.202. The number of carbonyl (C=O) groups is 2. The average molecular weight is 400 g/mol. The Kier molecular flexibility index (Phi) is 5.79. The van der Waals surface area contributed by atoms with Gasteiger partial charge in [-0.1, -0.05) is 0 Å². The first-order chi connectivity index (χ1) is 13.3. The van der Waals surface area contributed by atoms with E-state index in [-0.39, 0.29) is 17.9 Å². The number of hydrogen-bond donors (Lipinski definition) is 2. The topological polar surface area (TPSA) is 88.9 Å². The lowest BCUT2D eigenvalue weighted by molar-refractivity contribution is -0.118. The summed E-state index contributed by atoms with van der Waals surface area (Å²) in [5.41, 5.74) is 3.04. The van der Waals surface area contributed by atoms with Crippen molar-refractivity contribution in [1.82, 2.24) is 25.4 Å². The number of pyridine rings is 1. The molecule has 0 unspecified atom stereocenters. The molecule has 0 aliphatic heterocycles. The zero-order valence-corrected chi connectivity index (χ0v) is 17.6. The number of nitrogens with zero attached hydrogens (tertiary/aromatic N) is 3. The molecule has 3 aromatic heterocycles. The van der Waals surface area contributed by atoms with Gasteiger partial charge in [0.2, 0.25) is 5.91 Å². The van der Waals surface area contributed by atoms with Gasteiger partial charge in [-0.15, -0.1) is 11.3 Å². The van der Waals surface area contributed by atoms with Gasteiger partial charge in [0.15, 0.2) is 5.65 Å². The van der Waals surface area contributed by atoms with Crippen molar-refractivity contribution in [3.05, 3.63) is 33.6 Å². The Balaban J connectivity index is 2.03. The van der Waals surface area contributed by atoms with Crippen LogP contribution in [0.25, 0.3) is 22.3 Å². The second-order valence-electron chi connectivity index (χ2n) is 7.04. The maximum atomic E-state index is 12.9. The highest BCUT2D eigenvalue weighted by Crippen LogP contribution is 2.32. The third-order valence-corrected chi connectivity index (χ3v) is 5.37. The summed E-state index contributed by atoms with van der Waals surface area (Å²) in [6.07, 6.45) is 1.70. The van der Waals surface area contributed by atoms with E-state index >= 15 is 0 Å². The summed E-state index contributed by atoms with van der Waals surface area (Å²) in [5, 5.41) is 10.7. The molecule has 148 valence electrons. The van der Waals surface area contributed by atoms with Gasteiger partial charge in [0.05, 0.1) is 22.8 Å². The van der Waals surface area contributed by atoms with E-state index in [2.05, 4.69) is 35.6 Å². The number of fused-ring (bicyclic) bond motifs is 1. The zero-order chi connectivity index (χ0) is 20.4. The predicted octanol–water partition coefficient (Wildman–Crippen LogP) is 3.22. The van der Waals surface area contributed by atoms with Gasteiger partial charge < -0.3 is 10.6 Å². The van der Waals surface area contributed by atoms with Gasteiger partial charge in [-0.05, 0) is 39.8 Å². The molecule has 0 saturated carbocycles. The molecule has 2 N–H and O–H groups in total. The van der Waals surface area contributed by atoms with Crippen molar-refractivity contribution >= 4 is 34.2 Å². The van der Waals surface area contributed by atoms with E-state index in [0.717, 1.165) is 21.5 Å². The molecule has 8 heteroatoms. The number of thiophene rings is 1. The molecule has 7 nitrogen and oxygen atoms in total. The highest BCUT2D eigenvalue weighted by Gasteiger charge is 2.19. The van der Waals surface area contributed by atoms with Crippen LogP contribution in [0.4, 0.5) is 0 Å². The number of rotatable bonds is 6. The Morgan fingerprint density at radius 2 is 1.89 bits per heavy atom. The molecule has 0 bridgehead atoms. The van der Waals surface area contributed by atoms with Crippen LogP contribution in [0.2, 0.25) is 0 Å². The number of aromatic nitrogens is 3. The summed E-state index contributed by atoms with van der Waals surface area (Å²) in [5.74, 6) is -0.323. The van der Waals surface area contributed by atoms with E-state index in [9.17, 15) is 9.59 Å². The number of hydrogen-bond acceptors (Lipinski definition) is 5. The molecule has 2 amide bonds. The maximum Gasteiger partial charge on any atom is 0.252 e. The van der Waals surface area contributed by atoms with Crippen LogP contribution in [0.5, 0.6) is 0 Å². The molecular weight excluding hydrogens is 374 g/mol. The van der Waals surface area contributed by atoms with Gasteiger partial charge in [0.1, 0.15) is 0 Å². The van der Waals surface area contributed by atoms with Crippen molar-refractivity contribution in [2.24, 2.45) is 0 Å². The Morgan fingerprint density at radius 1 is 1.18 bits per heavy atom. The Morgan fingerprint density at radius 3 is 2.50 bits per heavy atom. The normalized spacial score (nSPS) is 11.2. The lowest BCUT2D eigenvalue weighted by Gasteiger charge is -2.11. The van der Waals surface area contributed by atoms with E-state index < -0.39 is 0 Å². The van der Waals surface area contributed by atoms with E-state index in [1.165, 1.54) is 11.8 Å². The molecule has 0 saturated heterocycles. The van der Waals surface area contributed by atoms with Gasteiger partial charge in [0, 0.05) is 41.4 Å². The third-order valence-electron chi connectivity index (χ3n) is 4.40. The maximum absolute atomic E-state index is 12.9. The number of amides is 2. The molecule has 28 heavy (non-hydrogen) atoms. The summed E-state index contributed by atoms with van der Waals surface area (Å²) in [6.45, 7) is 10.4. The summed E-state index contributed by atoms with van der Waals surface area (Å²) < 4.78 is 1.83. The minimum absolute atomic E-state index is 0.121. The highest BCUT2D eigenvalue weighted by atomic mass is 32.1. The summed E-state index contributed by atoms with van der Waals surface area (Å²) in [4.78, 5) is 31.1. The smallest absolute Gasteiger partial charge is 0.252 e. The SMILES string of the molecule is CC(=O)NCCNC(=O)c1cc(-c2cc(C)sc2C)nc2c1cnn2C(C)C. The summed E-state index contributed by atoms with van der Waals surface area (Å²) in [6, 6.07) is 4.06. The molecule has 0 aliphatic rings. The van der Waals surface area contributed by atoms with Crippen LogP contribution in [-0.4, -0.2) is 39.7 Å². The molecule has 0 fully saturated rings. The number of aryl methyl sites for hydroxylation is 2. The predicted molar refractivity (Wildman–Crippen MR) is 112 cm³/mol. The summed E-state index contributed by atoms with van der Waals surface area (Å²) >= 11 is 1.71. The van der Waals surface area contributed by atoms with Crippen molar-refractivity contribution in [3.8, 4) is 11.3 Å². The monoisotopic (exact) mass is 399 g/mol. The molecule has 0 aliphatic carbocycles. The largest absolute Gasteiger partial charge is 0.355 e. The minimum Gasteiger partial charge on any atom is -0.355 e. The van der Waals surface area contributed by atoms with E-state index in [1.54, 1.807) is 17.5 Å². The van der Waals surface area contributed by atoms with Crippen LogP contribution < -0.4 is 10.6 Å². The van der Waals surface area contributed by atoms with Gasteiger partial charge in [-0.3, -0.25) is 9.59 Å². The summed E-state index contributed by atoms with van der Waals surface area (Å²) in [7, 11) is 0. The highest BCUT2D eigenvalue weighted by molar-refractivity contribution is 7.12. The lowest BCUT2D eigenvalue weighted by atomic mass is 10.1. The molecule has 0 radical (unpaired) electrons. The molecular formula is C20H25N5O2S. The molecule has 3 aromatic rings. The van der Waals surface area contributed by atoms with Crippen molar-refractivity contribution in [1.29, 1.82) is 0 Å². The van der Waals surface area contributed by atoms with Crippen molar-refractivity contribution in [2.45, 2.75) is 40.7 Å². The second-order valence-corrected chi connectivity index (χ2v) is 8.50. The van der Waals surface area contributed by atoms with Crippen LogP contribution >= 0.6 is 11.3 Å². The first kappa shape index (κ1) is 20.0. The fraction of sp³-hybridized carbons (Fsp3) is 0.400. The van der Waals surface area contributed by atoms with Gasteiger partial charge in [-0.25, -0.2) is 9.67 Å². The Labute approximate surface area is 168 Å². The van der Waals surface area contributed by atoms with Crippen LogP contribution in [0.1, 0.15) is 46.9 Å². The van der Waals surface area contributed by atoms with Crippen LogP contribution in [-0.2, 0) is 4.79 Å². The van der Waals surface area contributed by atoms with Crippen molar-refractivity contribution in [2.75, 3.05) is 13.1 Å². The first-order valence-electron chi connectivity index (χ1n) is 9.26. The van der Waals surface area contributed by atoms with Crippen LogP contribution in [0.3, 0.4) is 0 Å². The third kappa shape index (κ3) is 4.06. The van der Waals surface area contributed by atoms with E-state index in [1.807, 2.05) is 24.6 Å². The number of carbonyl (C=O) groups excluding carboxylic acids is 2. The molecule has 0 aromatic carbocycles. The van der Waals surface area contributed by atoms with Crippen molar-refractivity contribution in [3.63, 3.8) is 0 Å². The van der Waals surface area contributed by atoms with Crippen molar-refractivity contribution < 1.29 is 9.59 Å². The molecule has 0 spiro atoms. The van der Waals surface area contributed by atoms with Gasteiger partial charge in [-0.2, -0.15) is 5.10 Å². The molecule has 3 rings (SSSR count). The average Bonchev–Trinajstić information content (AvgIpc) is 3.20. The molecule has 3 heterocycles. The van der Waals surface area contributed by atoms with E-state index in [0.29, 0.717) is 24.3 Å². The van der Waals surface area contributed by atoms with Crippen LogP contribution in [0, 0.1) is 13.8 Å². The van der Waals surface area contributed by atoms with Gasteiger partial charge in [0.25, 0.3) is 5.91 Å². The van der Waals surface area contributed by atoms with Crippen LogP contribution in [0.15, 0.2) is 18.3 Å². The number of nitrogens with one attached hydrogen (secondary N) is 2. The molecule has 0 atom stereocenters. The zero-order valence-electron chi connectivity index (χ0n) is 16.8. The fourth-order valence-electron chi connectivity index (χ4n) is 3.12. The second kappa shape index (κ2) is 8.10. The van der Waals surface area contributed by atoms with Gasteiger partial charge >= 0.3 is 0 Å². The Bertz CT molecular complexity index is 1030. The quantitative estimate of drug-likeness (QED) is 0.623. The lowest BCUT2D eigenvalue weighted by Crippen LogP contribution is -2.33. The first-order valence-corrected chi connectivity index (χ1v) is 10.1.